The molecular weight excluding hydrogens is 499 g/mol. The Hall–Kier alpha value is -2.19. The molecule has 0 heterocycles. The highest BCUT2D eigenvalue weighted by molar-refractivity contribution is 7.99. The number of aryl methyl sites for hydroxylation is 1. The van der Waals surface area contributed by atoms with Crippen LogP contribution in [-0.2, 0) is 14.8 Å². The third kappa shape index (κ3) is 6.90. The number of hydrogen-bond acceptors (Lipinski definition) is 4. The van der Waals surface area contributed by atoms with Crippen molar-refractivity contribution in [2.24, 2.45) is 0 Å². The number of anilines is 1. The fraction of sp³-hybridized carbons (Fsp3) is 0.208. The number of carbonyl (C=O) groups excluding carboxylic acids is 1. The summed E-state index contributed by atoms with van der Waals surface area (Å²) in [7, 11) is -4.04. The fourth-order valence-electron chi connectivity index (χ4n) is 3.02. The van der Waals surface area contributed by atoms with Crippen LogP contribution in [0.3, 0.4) is 0 Å². The van der Waals surface area contributed by atoms with Crippen molar-refractivity contribution >= 4 is 56.6 Å². The van der Waals surface area contributed by atoms with E-state index >= 15 is 0 Å². The van der Waals surface area contributed by atoms with Crippen LogP contribution in [0.25, 0.3) is 0 Å². The predicted octanol–water partition coefficient (Wildman–Crippen LogP) is 5.80. The van der Waals surface area contributed by atoms with Gasteiger partial charge in [-0.15, -0.1) is 11.8 Å². The molecule has 0 unspecified atom stereocenters. The summed E-state index contributed by atoms with van der Waals surface area (Å²) in [5.41, 5.74) is 1.36. The van der Waals surface area contributed by atoms with Crippen LogP contribution in [0.4, 0.5) is 5.69 Å². The molecule has 3 rings (SSSR count). The normalized spacial score (nSPS) is 11.2. The molecule has 0 aliphatic rings. The van der Waals surface area contributed by atoms with E-state index in [4.69, 9.17) is 23.2 Å². The average molecular weight is 524 g/mol. The van der Waals surface area contributed by atoms with E-state index in [9.17, 15) is 13.2 Å². The molecule has 0 aromatic heterocycles. The maximum absolute atomic E-state index is 13.3. The number of amides is 1. The number of halogens is 2. The molecule has 0 spiro atoms. The van der Waals surface area contributed by atoms with Gasteiger partial charge in [0.05, 0.1) is 20.6 Å². The van der Waals surface area contributed by atoms with E-state index in [1.54, 1.807) is 42.1 Å². The summed E-state index contributed by atoms with van der Waals surface area (Å²) in [4.78, 5) is 13.9. The Morgan fingerprint density at radius 3 is 2.36 bits per heavy atom. The van der Waals surface area contributed by atoms with Gasteiger partial charge in [0.1, 0.15) is 6.54 Å². The Kier molecular flexibility index (Phi) is 9.09. The average Bonchev–Trinajstić information content (AvgIpc) is 2.81. The number of nitrogens with zero attached hydrogens (tertiary/aromatic N) is 1. The summed E-state index contributed by atoms with van der Waals surface area (Å²) in [6.07, 6.45) is 0.744. The first-order chi connectivity index (χ1) is 15.8. The Morgan fingerprint density at radius 2 is 1.67 bits per heavy atom. The van der Waals surface area contributed by atoms with Gasteiger partial charge >= 0.3 is 0 Å². The first kappa shape index (κ1) is 25.4. The van der Waals surface area contributed by atoms with Gasteiger partial charge < -0.3 is 5.32 Å². The van der Waals surface area contributed by atoms with Crippen LogP contribution in [0, 0.1) is 6.92 Å². The molecule has 0 aliphatic carbocycles. The Morgan fingerprint density at radius 1 is 0.970 bits per heavy atom. The topological polar surface area (TPSA) is 66.5 Å². The van der Waals surface area contributed by atoms with Crippen molar-refractivity contribution in [2.45, 2.75) is 23.1 Å². The Bertz CT molecular complexity index is 1190. The molecule has 0 bridgehead atoms. The van der Waals surface area contributed by atoms with Crippen LogP contribution in [-0.4, -0.2) is 33.2 Å². The number of carbonyl (C=O) groups is 1. The lowest BCUT2D eigenvalue weighted by Gasteiger charge is -2.25. The monoisotopic (exact) mass is 522 g/mol. The highest BCUT2D eigenvalue weighted by Crippen LogP contribution is 2.35. The van der Waals surface area contributed by atoms with Gasteiger partial charge in [-0.3, -0.25) is 9.10 Å². The number of thioether (sulfide) groups is 1. The lowest BCUT2D eigenvalue weighted by atomic mass is 10.2. The van der Waals surface area contributed by atoms with E-state index in [1.165, 1.54) is 28.7 Å². The molecule has 1 N–H and O–H groups in total. The Labute approximate surface area is 209 Å². The smallest absolute Gasteiger partial charge is 0.264 e. The van der Waals surface area contributed by atoms with Crippen molar-refractivity contribution in [1.82, 2.24) is 5.32 Å². The van der Waals surface area contributed by atoms with E-state index in [0.717, 1.165) is 16.5 Å². The van der Waals surface area contributed by atoms with E-state index in [-0.39, 0.29) is 20.6 Å². The van der Waals surface area contributed by atoms with Crippen LogP contribution < -0.4 is 9.62 Å². The van der Waals surface area contributed by atoms with Crippen LogP contribution in [0.2, 0.25) is 10.0 Å². The molecule has 0 saturated heterocycles. The van der Waals surface area contributed by atoms with Crippen molar-refractivity contribution in [3.8, 4) is 0 Å². The second-order valence-corrected chi connectivity index (χ2v) is 11.1. The number of sulfonamides is 1. The number of benzene rings is 3. The van der Waals surface area contributed by atoms with Gasteiger partial charge in [-0.1, -0.05) is 65.2 Å². The molecule has 3 aromatic rings. The van der Waals surface area contributed by atoms with Crippen molar-refractivity contribution in [3.05, 3.63) is 88.4 Å². The molecule has 1 amide bonds. The predicted molar refractivity (Wildman–Crippen MR) is 137 cm³/mol. The summed E-state index contributed by atoms with van der Waals surface area (Å²) in [6, 6.07) is 20.9. The highest BCUT2D eigenvalue weighted by atomic mass is 35.5. The molecule has 33 heavy (non-hydrogen) atoms. The minimum Gasteiger partial charge on any atom is -0.354 e. The van der Waals surface area contributed by atoms with Gasteiger partial charge in [-0.05, 0) is 55.5 Å². The molecule has 0 saturated carbocycles. The van der Waals surface area contributed by atoms with Crippen molar-refractivity contribution < 1.29 is 13.2 Å². The first-order valence-corrected chi connectivity index (χ1v) is 13.4. The third-order valence-corrected chi connectivity index (χ3v) is 8.43. The molecule has 5 nitrogen and oxygen atoms in total. The van der Waals surface area contributed by atoms with E-state index < -0.39 is 22.5 Å². The van der Waals surface area contributed by atoms with Crippen LogP contribution >= 0.6 is 35.0 Å². The zero-order valence-corrected chi connectivity index (χ0v) is 21.1. The van der Waals surface area contributed by atoms with E-state index in [1.807, 2.05) is 6.92 Å². The molecule has 3 aromatic carbocycles. The fourth-order valence-corrected chi connectivity index (χ4v) is 5.77. The summed E-state index contributed by atoms with van der Waals surface area (Å²) in [5.74, 6) is 0.404. The van der Waals surface area contributed by atoms with Crippen LogP contribution in [0.1, 0.15) is 12.0 Å². The van der Waals surface area contributed by atoms with Crippen molar-refractivity contribution in [2.75, 3.05) is 23.1 Å². The molecule has 0 aliphatic heterocycles. The maximum atomic E-state index is 13.3. The minimum atomic E-state index is -4.04. The maximum Gasteiger partial charge on any atom is 0.264 e. The summed E-state index contributed by atoms with van der Waals surface area (Å²) in [6.45, 7) is 2.06. The molecule has 9 heteroatoms. The second kappa shape index (κ2) is 11.8. The van der Waals surface area contributed by atoms with Crippen LogP contribution in [0.15, 0.2) is 82.6 Å². The van der Waals surface area contributed by atoms with Crippen molar-refractivity contribution in [1.29, 1.82) is 0 Å². The summed E-state index contributed by atoms with van der Waals surface area (Å²) in [5, 5.41) is 3.08. The van der Waals surface area contributed by atoms with Crippen LogP contribution in [0.5, 0.6) is 0 Å². The van der Waals surface area contributed by atoms with Gasteiger partial charge in [0.2, 0.25) is 5.91 Å². The van der Waals surface area contributed by atoms with Gasteiger partial charge in [0, 0.05) is 11.4 Å². The quantitative estimate of drug-likeness (QED) is 0.270. The number of nitrogens with one attached hydrogen (secondary N) is 1. The third-order valence-electron chi connectivity index (χ3n) is 4.75. The molecular formula is C24H24Cl2N2O3S2. The van der Waals surface area contributed by atoms with Gasteiger partial charge in [0.15, 0.2) is 0 Å². The second-order valence-electron chi connectivity index (χ2n) is 7.26. The van der Waals surface area contributed by atoms with Gasteiger partial charge in [0.25, 0.3) is 10.0 Å². The summed E-state index contributed by atoms with van der Waals surface area (Å²) >= 11 is 14.1. The summed E-state index contributed by atoms with van der Waals surface area (Å²) < 4.78 is 27.7. The highest BCUT2D eigenvalue weighted by Gasteiger charge is 2.29. The largest absolute Gasteiger partial charge is 0.354 e. The number of hydrogen-bond donors (Lipinski definition) is 1. The minimum absolute atomic E-state index is 0.0586. The van der Waals surface area contributed by atoms with E-state index in [2.05, 4.69) is 29.6 Å². The zero-order valence-electron chi connectivity index (χ0n) is 18.0. The van der Waals surface area contributed by atoms with Gasteiger partial charge in [-0.2, -0.15) is 0 Å². The van der Waals surface area contributed by atoms with E-state index in [0.29, 0.717) is 6.54 Å². The molecule has 174 valence electrons. The zero-order chi connectivity index (χ0) is 23.8. The molecule has 0 atom stereocenters. The first-order valence-electron chi connectivity index (χ1n) is 10.3. The lowest BCUT2D eigenvalue weighted by Crippen LogP contribution is -2.41. The number of rotatable bonds is 10. The molecule has 0 radical (unpaired) electrons. The Balaban J connectivity index is 1.66. The molecule has 0 fully saturated rings. The lowest BCUT2D eigenvalue weighted by molar-refractivity contribution is -0.119. The van der Waals surface area contributed by atoms with Crippen molar-refractivity contribution in [3.63, 3.8) is 0 Å². The SMILES string of the molecule is Cc1ccc(SCCCNC(=O)CN(c2cccc(Cl)c2Cl)S(=O)(=O)c2ccccc2)cc1. The standard InChI is InChI=1S/C24H24Cl2N2O3S2/c1-18-11-13-19(14-12-18)32-16-6-15-27-23(29)17-28(22-10-5-9-21(25)24(22)26)33(30,31)20-7-3-2-4-8-20/h2-5,7-14H,6,15-17H2,1H3,(H,27,29). The van der Waals surface area contributed by atoms with Gasteiger partial charge in [-0.25, -0.2) is 8.42 Å².